The summed E-state index contributed by atoms with van der Waals surface area (Å²) in [4.78, 5) is 16.4. The molecule has 2 aromatic carbocycles. The maximum Gasteiger partial charge on any atom is 0.246 e. The van der Waals surface area contributed by atoms with Gasteiger partial charge in [-0.1, -0.05) is 48.0 Å². The van der Waals surface area contributed by atoms with Gasteiger partial charge in [0.15, 0.2) is 0 Å². The zero-order valence-electron chi connectivity index (χ0n) is 12.9. The minimum atomic E-state index is 0.0691. The maximum atomic E-state index is 12.3. The molecular formula is C19H19ClN2O. The monoisotopic (exact) mass is 326 g/mol. The van der Waals surface area contributed by atoms with E-state index in [1.54, 1.807) is 6.08 Å². The van der Waals surface area contributed by atoms with Crippen LogP contribution in [0.4, 0.5) is 5.69 Å². The van der Waals surface area contributed by atoms with Crippen LogP contribution in [0.5, 0.6) is 0 Å². The Balaban J connectivity index is 1.56. The fourth-order valence-electron chi connectivity index (χ4n) is 2.69. The van der Waals surface area contributed by atoms with Crippen LogP contribution in [-0.2, 0) is 4.79 Å². The molecule has 0 saturated carbocycles. The summed E-state index contributed by atoms with van der Waals surface area (Å²) < 4.78 is 0. The molecule has 23 heavy (non-hydrogen) atoms. The summed E-state index contributed by atoms with van der Waals surface area (Å²) in [7, 11) is 0. The molecule has 0 N–H and O–H groups in total. The average molecular weight is 327 g/mol. The highest BCUT2D eigenvalue weighted by molar-refractivity contribution is 6.30. The van der Waals surface area contributed by atoms with Gasteiger partial charge in [-0.25, -0.2) is 0 Å². The third kappa shape index (κ3) is 4.14. The summed E-state index contributed by atoms with van der Waals surface area (Å²) in [5.41, 5.74) is 2.16. The molecule has 4 heteroatoms. The number of carbonyl (C=O) groups is 1. The van der Waals surface area contributed by atoms with Gasteiger partial charge >= 0.3 is 0 Å². The van der Waals surface area contributed by atoms with Gasteiger partial charge in [0.2, 0.25) is 5.91 Å². The zero-order valence-corrected chi connectivity index (χ0v) is 13.6. The van der Waals surface area contributed by atoms with Gasteiger partial charge in [0.25, 0.3) is 0 Å². The van der Waals surface area contributed by atoms with E-state index in [9.17, 15) is 4.79 Å². The Morgan fingerprint density at radius 3 is 2.39 bits per heavy atom. The fourth-order valence-corrected chi connectivity index (χ4v) is 2.88. The lowest BCUT2D eigenvalue weighted by Gasteiger charge is -2.35. The molecular weight excluding hydrogens is 308 g/mol. The Kier molecular flexibility index (Phi) is 4.99. The second kappa shape index (κ2) is 7.34. The quantitative estimate of drug-likeness (QED) is 0.803. The van der Waals surface area contributed by atoms with Gasteiger partial charge in [0, 0.05) is 43.0 Å². The number of benzene rings is 2. The van der Waals surface area contributed by atoms with Crippen molar-refractivity contribution in [2.45, 2.75) is 0 Å². The van der Waals surface area contributed by atoms with Crippen LogP contribution in [0.2, 0.25) is 5.02 Å². The van der Waals surface area contributed by atoms with Crippen LogP contribution < -0.4 is 4.90 Å². The van der Waals surface area contributed by atoms with Crippen LogP contribution in [0, 0.1) is 0 Å². The first-order valence-corrected chi connectivity index (χ1v) is 8.13. The number of piperazine rings is 1. The second-order valence-electron chi connectivity index (χ2n) is 5.54. The van der Waals surface area contributed by atoms with Gasteiger partial charge in [-0.05, 0) is 29.8 Å². The van der Waals surface area contributed by atoms with Gasteiger partial charge in [-0.2, -0.15) is 0 Å². The molecule has 118 valence electrons. The van der Waals surface area contributed by atoms with Crippen molar-refractivity contribution in [2.75, 3.05) is 31.1 Å². The Morgan fingerprint density at radius 1 is 0.957 bits per heavy atom. The van der Waals surface area contributed by atoms with Gasteiger partial charge in [0.1, 0.15) is 0 Å². The van der Waals surface area contributed by atoms with Crippen molar-refractivity contribution < 1.29 is 4.79 Å². The minimum absolute atomic E-state index is 0.0691. The molecule has 1 amide bonds. The molecule has 0 bridgehead atoms. The normalized spacial score (nSPS) is 15.2. The minimum Gasteiger partial charge on any atom is -0.368 e. The van der Waals surface area contributed by atoms with Crippen LogP contribution in [-0.4, -0.2) is 37.0 Å². The first kappa shape index (κ1) is 15.6. The van der Waals surface area contributed by atoms with E-state index < -0.39 is 0 Å². The smallest absolute Gasteiger partial charge is 0.246 e. The molecule has 0 unspecified atom stereocenters. The Hall–Kier alpha value is -2.26. The summed E-state index contributed by atoms with van der Waals surface area (Å²) >= 11 is 6.04. The van der Waals surface area contributed by atoms with Crippen LogP contribution in [0.25, 0.3) is 6.08 Å². The summed E-state index contributed by atoms with van der Waals surface area (Å²) in [6, 6.07) is 17.7. The highest BCUT2D eigenvalue weighted by Crippen LogP contribution is 2.20. The van der Waals surface area contributed by atoms with Crippen molar-refractivity contribution in [1.82, 2.24) is 4.90 Å². The predicted molar refractivity (Wildman–Crippen MR) is 95.7 cm³/mol. The molecule has 1 heterocycles. The number of hydrogen-bond donors (Lipinski definition) is 0. The largest absolute Gasteiger partial charge is 0.368 e. The standard InChI is InChI=1S/C19H19ClN2O/c20-17-7-4-8-18(15-17)21-11-13-22(14-12-21)19(23)10-9-16-5-2-1-3-6-16/h1-10,15H,11-14H2/b10-9+. The molecule has 2 aromatic rings. The molecule has 0 spiro atoms. The number of nitrogens with zero attached hydrogens (tertiary/aromatic N) is 2. The Bertz CT molecular complexity index is 692. The molecule has 3 nitrogen and oxygen atoms in total. The highest BCUT2D eigenvalue weighted by Gasteiger charge is 2.19. The fraction of sp³-hybridized carbons (Fsp3) is 0.211. The molecule has 0 aliphatic carbocycles. The molecule has 0 atom stereocenters. The number of anilines is 1. The molecule has 3 rings (SSSR count). The van der Waals surface area contributed by atoms with E-state index in [0.717, 1.165) is 42.5 Å². The molecule has 0 radical (unpaired) electrons. The van der Waals surface area contributed by atoms with Gasteiger partial charge < -0.3 is 9.80 Å². The highest BCUT2D eigenvalue weighted by atomic mass is 35.5. The van der Waals surface area contributed by atoms with Crippen molar-refractivity contribution in [3.63, 3.8) is 0 Å². The van der Waals surface area contributed by atoms with E-state index in [1.807, 2.05) is 59.5 Å². The Labute approximate surface area is 141 Å². The van der Waals surface area contributed by atoms with Crippen LogP contribution >= 0.6 is 11.6 Å². The summed E-state index contributed by atoms with van der Waals surface area (Å²) in [6.45, 7) is 3.10. The first-order valence-electron chi connectivity index (χ1n) is 7.75. The predicted octanol–water partition coefficient (Wildman–Crippen LogP) is 3.70. The van der Waals surface area contributed by atoms with E-state index in [2.05, 4.69) is 11.0 Å². The van der Waals surface area contributed by atoms with Crippen molar-refractivity contribution in [2.24, 2.45) is 0 Å². The zero-order chi connectivity index (χ0) is 16.1. The summed E-state index contributed by atoms with van der Waals surface area (Å²) in [5, 5.41) is 0.742. The first-order chi connectivity index (χ1) is 11.2. The third-order valence-electron chi connectivity index (χ3n) is 3.98. The van der Waals surface area contributed by atoms with E-state index in [0.29, 0.717) is 0 Å². The number of carbonyl (C=O) groups excluding carboxylic acids is 1. The van der Waals surface area contributed by atoms with Crippen LogP contribution in [0.3, 0.4) is 0 Å². The van der Waals surface area contributed by atoms with Gasteiger partial charge in [-0.3, -0.25) is 4.79 Å². The lowest BCUT2D eigenvalue weighted by atomic mass is 10.2. The number of amides is 1. The Morgan fingerprint density at radius 2 is 1.70 bits per heavy atom. The van der Waals surface area contributed by atoms with Gasteiger partial charge in [0.05, 0.1) is 0 Å². The van der Waals surface area contributed by atoms with E-state index in [1.165, 1.54) is 0 Å². The van der Waals surface area contributed by atoms with E-state index >= 15 is 0 Å². The lowest BCUT2D eigenvalue weighted by Crippen LogP contribution is -2.48. The number of rotatable bonds is 3. The second-order valence-corrected chi connectivity index (χ2v) is 5.97. The number of halogens is 1. The van der Waals surface area contributed by atoms with Gasteiger partial charge in [-0.15, -0.1) is 0 Å². The summed E-state index contributed by atoms with van der Waals surface area (Å²) in [5.74, 6) is 0.0691. The molecule has 0 aromatic heterocycles. The topological polar surface area (TPSA) is 23.6 Å². The van der Waals surface area contributed by atoms with Crippen molar-refractivity contribution >= 4 is 29.3 Å². The van der Waals surface area contributed by atoms with Crippen LogP contribution in [0.1, 0.15) is 5.56 Å². The molecule has 1 fully saturated rings. The summed E-state index contributed by atoms with van der Waals surface area (Å²) in [6.07, 6.45) is 3.52. The van der Waals surface area contributed by atoms with Crippen molar-refractivity contribution in [3.8, 4) is 0 Å². The third-order valence-corrected chi connectivity index (χ3v) is 4.22. The van der Waals surface area contributed by atoms with E-state index in [4.69, 9.17) is 11.6 Å². The van der Waals surface area contributed by atoms with E-state index in [-0.39, 0.29) is 5.91 Å². The lowest BCUT2D eigenvalue weighted by molar-refractivity contribution is -0.126. The van der Waals surface area contributed by atoms with Crippen LogP contribution in [0.15, 0.2) is 60.7 Å². The average Bonchev–Trinajstić information content (AvgIpc) is 2.61. The number of hydrogen-bond acceptors (Lipinski definition) is 2. The van der Waals surface area contributed by atoms with Crippen molar-refractivity contribution in [1.29, 1.82) is 0 Å². The van der Waals surface area contributed by atoms with Crippen molar-refractivity contribution in [3.05, 3.63) is 71.3 Å². The molecule has 1 aliphatic rings. The maximum absolute atomic E-state index is 12.3. The molecule has 1 aliphatic heterocycles. The molecule has 1 saturated heterocycles. The SMILES string of the molecule is O=C(/C=C/c1ccccc1)N1CCN(c2cccc(Cl)c2)CC1.